The average molecular weight is 253 g/mol. The number of hydrogen-bond acceptors (Lipinski definition) is 6. The second-order valence-electron chi connectivity index (χ2n) is 4.50. The molecule has 0 radical (unpaired) electrons. The van der Waals surface area contributed by atoms with Gasteiger partial charge in [-0.25, -0.2) is 4.98 Å². The first kappa shape index (κ1) is 12.3. The van der Waals surface area contributed by atoms with Gasteiger partial charge in [-0.05, 0) is 21.0 Å². The van der Waals surface area contributed by atoms with Gasteiger partial charge in [-0.3, -0.25) is 4.99 Å². The Kier molecular flexibility index (Phi) is 3.63. The molecule has 5 nitrogen and oxygen atoms in total. The lowest BCUT2D eigenvalue weighted by atomic mass is 10.2. The maximum atomic E-state index is 5.93. The van der Waals surface area contributed by atoms with Crippen LogP contribution < -0.4 is 5.73 Å². The van der Waals surface area contributed by atoms with Crippen molar-refractivity contribution >= 4 is 17.3 Å². The van der Waals surface area contributed by atoms with E-state index >= 15 is 0 Å². The van der Waals surface area contributed by atoms with E-state index in [1.165, 1.54) is 0 Å². The molecular formula is C11H19N5S. The summed E-state index contributed by atoms with van der Waals surface area (Å²) >= 11 is 1.68. The van der Waals surface area contributed by atoms with Gasteiger partial charge < -0.3 is 15.5 Å². The number of aryl methyl sites for hydroxylation is 1. The summed E-state index contributed by atoms with van der Waals surface area (Å²) in [4.78, 5) is 13.2. The van der Waals surface area contributed by atoms with Crippen molar-refractivity contribution in [1.29, 1.82) is 0 Å². The molecule has 0 bridgehead atoms. The van der Waals surface area contributed by atoms with Crippen molar-refractivity contribution in [1.82, 2.24) is 14.8 Å². The highest BCUT2D eigenvalue weighted by atomic mass is 32.1. The first-order chi connectivity index (χ1) is 8.08. The van der Waals surface area contributed by atoms with E-state index in [1.807, 2.05) is 6.92 Å². The van der Waals surface area contributed by atoms with Crippen molar-refractivity contribution in [2.24, 2.45) is 10.7 Å². The molecule has 0 spiro atoms. The minimum absolute atomic E-state index is 0.222. The minimum atomic E-state index is 0.222. The van der Waals surface area contributed by atoms with Gasteiger partial charge in [0.25, 0.3) is 0 Å². The monoisotopic (exact) mass is 253 g/mol. The molecule has 0 aliphatic carbocycles. The van der Waals surface area contributed by atoms with Gasteiger partial charge in [0, 0.05) is 18.5 Å². The number of nitrogens with two attached hydrogens (primary N) is 1. The van der Waals surface area contributed by atoms with Crippen molar-refractivity contribution in [3.05, 3.63) is 16.1 Å². The number of aliphatic imine (C=N–C) groups is 1. The van der Waals surface area contributed by atoms with Gasteiger partial charge in [0.15, 0.2) is 5.96 Å². The summed E-state index contributed by atoms with van der Waals surface area (Å²) in [6.07, 6.45) is 0. The van der Waals surface area contributed by atoms with Crippen LogP contribution in [0.5, 0.6) is 0 Å². The van der Waals surface area contributed by atoms with Gasteiger partial charge in [0.05, 0.1) is 23.3 Å². The third-order valence-electron chi connectivity index (χ3n) is 2.86. The van der Waals surface area contributed by atoms with Gasteiger partial charge in [-0.2, -0.15) is 0 Å². The molecule has 0 amide bonds. The van der Waals surface area contributed by atoms with E-state index in [1.54, 1.807) is 11.3 Å². The van der Waals surface area contributed by atoms with Crippen LogP contribution in [0.2, 0.25) is 0 Å². The molecule has 1 unspecified atom stereocenters. The highest BCUT2D eigenvalue weighted by molar-refractivity contribution is 7.09. The fraction of sp³-hybridized carbons (Fsp3) is 0.636. The predicted octanol–water partition coefficient (Wildman–Crippen LogP) is 0.685. The maximum absolute atomic E-state index is 5.93. The van der Waals surface area contributed by atoms with Crippen molar-refractivity contribution in [3.63, 3.8) is 0 Å². The summed E-state index contributed by atoms with van der Waals surface area (Å²) < 4.78 is 0. The van der Waals surface area contributed by atoms with E-state index in [2.05, 4.69) is 39.3 Å². The Labute approximate surface area is 106 Å². The Hall–Kier alpha value is -1.14. The van der Waals surface area contributed by atoms with Crippen molar-refractivity contribution in [2.75, 3.05) is 33.7 Å². The highest BCUT2D eigenvalue weighted by Crippen LogP contribution is 2.26. The summed E-state index contributed by atoms with van der Waals surface area (Å²) in [6.45, 7) is 4.61. The Balaban J connectivity index is 2.07. The van der Waals surface area contributed by atoms with Crippen molar-refractivity contribution in [2.45, 2.75) is 13.0 Å². The van der Waals surface area contributed by atoms with Crippen LogP contribution in [0.1, 0.15) is 16.7 Å². The zero-order chi connectivity index (χ0) is 12.4. The third-order valence-corrected chi connectivity index (χ3v) is 3.65. The van der Waals surface area contributed by atoms with E-state index in [0.717, 1.165) is 30.3 Å². The molecule has 2 N–H and O–H groups in total. The first-order valence-electron chi connectivity index (χ1n) is 5.71. The van der Waals surface area contributed by atoms with E-state index in [9.17, 15) is 0 Å². The fourth-order valence-corrected chi connectivity index (χ4v) is 2.55. The zero-order valence-corrected chi connectivity index (χ0v) is 11.4. The van der Waals surface area contributed by atoms with E-state index in [-0.39, 0.29) is 6.04 Å². The maximum Gasteiger partial charge on any atom is 0.192 e. The summed E-state index contributed by atoms with van der Waals surface area (Å²) in [5, 5.41) is 3.20. The Bertz CT molecular complexity index is 412. The average Bonchev–Trinajstić information content (AvgIpc) is 2.82. The van der Waals surface area contributed by atoms with Crippen LogP contribution >= 0.6 is 11.3 Å². The largest absolute Gasteiger partial charge is 0.370 e. The molecule has 0 aromatic carbocycles. The minimum Gasteiger partial charge on any atom is -0.370 e. The van der Waals surface area contributed by atoms with Crippen molar-refractivity contribution < 1.29 is 0 Å². The Morgan fingerprint density at radius 3 is 2.94 bits per heavy atom. The van der Waals surface area contributed by atoms with Crippen LogP contribution in [-0.4, -0.2) is 54.5 Å². The zero-order valence-electron chi connectivity index (χ0n) is 10.6. The summed E-state index contributed by atoms with van der Waals surface area (Å²) in [5.41, 5.74) is 7.03. The SMILES string of the molecule is Cc1nc(C2CN=C(N)N2CCN(C)C)cs1. The van der Waals surface area contributed by atoms with Crippen molar-refractivity contribution in [3.8, 4) is 0 Å². The summed E-state index contributed by atoms with van der Waals surface area (Å²) in [6, 6.07) is 0.222. The van der Waals surface area contributed by atoms with Gasteiger partial charge in [0.1, 0.15) is 0 Å². The lowest BCUT2D eigenvalue weighted by molar-refractivity contribution is 0.290. The smallest absolute Gasteiger partial charge is 0.192 e. The molecule has 6 heteroatoms. The molecule has 2 rings (SSSR count). The second-order valence-corrected chi connectivity index (χ2v) is 5.56. The van der Waals surface area contributed by atoms with Crippen LogP contribution in [0.25, 0.3) is 0 Å². The predicted molar refractivity (Wildman–Crippen MR) is 71.3 cm³/mol. The van der Waals surface area contributed by atoms with E-state index in [0.29, 0.717) is 5.96 Å². The molecule has 1 aromatic heterocycles. The molecule has 1 aliphatic heterocycles. The fourth-order valence-electron chi connectivity index (χ4n) is 1.89. The molecule has 1 atom stereocenters. The molecular weight excluding hydrogens is 234 g/mol. The highest BCUT2D eigenvalue weighted by Gasteiger charge is 2.28. The van der Waals surface area contributed by atoms with Crippen LogP contribution in [0.15, 0.2) is 10.4 Å². The van der Waals surface area contributed by atoms with Gasteiger partial charge >= 0.3 is 0 Å². The number of thiazole rings is 1. The number of hydrogen-bond donors (Lipinski definition) is 1. The molecule has 2 heterocycles. The molecule has 17 heavy (non-hydrogen) atoms. The van der Waals surface area contributed by atoms with Gasteiger partial charge in [0.2, 0.25) is 0 Å². The standard InChI is InChI=1S/C11H19N5S/c1-8-14-9(7-17-8)10-6-13-11(12)16(10)5-4-15(2)3/h7,10H,4-6H2,1-3H3,(H2,12,13). The Morgan fingerprint density at radius 1 is 1.59 bits per heavy atom. The Morgan fingerprint density at radius 2 is 2.35 bits per heavy atom. The van der Waals surface area contributed by atoms with Crippen LogP contribution in [-0.2, 0) is 0 Å². The topological polar surface area (TPSA) is 57.8 Å². The normalized spacial score (nSPS) is 20.1. The molecule has 1 aliphatic rings. The van der Waals surface area contributed by atoms with Gasteiger partial charge in [-0.15, -0.1) is 11.3 Å². The second kappa shape index (κ2) is 5.01. The number of rotatable bonds is 4. The molecule has 0 fully saturated rings. The van der Waals surface area contributed by atoms with Gasteiger partial charge in [-0.1, -0.05) is 0 Å². The number of likely N-dealkylation sites (N-methyl/N-ethyl adjacent to an activating group) is 1. The molecule has 0 saturated carbocycles. The molecule has 1 aromatic rings. The molecule has 94 valence electrons. The molecule has 0 saturated heterocycles. The third kappa shape index (κ3) is 2.76. The quantitative estimate of drug-likeness (QED) is 0.857. The number of nitrogens with zero attached hydrogens (tertiary/aromatic N) is 4. The summed E-state index contributed by atoms with van der Waals surface area (Å²) in [5.74, 6) is 0.641. The number of guanidine groups is 1. The van der Waals surface area contributed by atoms with E-state index in [4.69, 9.17) is 5.73 Å². The lowest BCUT2D eigenvalue weighted by Gasteiger charge is -2.26. The summed E-state index contributed by atoms with van der Waals surface area (Å²) in [7, 11) is 4.12. The lowest BCUT2D eigenvalue weighted by Crippen LogP contribution is -2.40. The van der Waals surface area contributed by atoms with E-state index < -0.39 is 0 Å². The van der Waals surface area contributed by atoms with Crippen LogP contribution in [0, 0.1) is 6.92 Å². The first-order valence-corrected chi connectivity index (χ1v) is 6.59. The van der Waals surface area contributed by atoms with Crippen LogP contribution in [0.3, 0.4) is 0 Å². The number of aromatic nitrogens is 1. The van der Waals surface area contributed by atoms with Crippen LogP contribution in [0.4, 0.5) is 0 Å².